The van der Waals surface area contributed by atoms with E-state index in [1.807, 2.05) is 6.08 Å². The van der Waals surface area contributed by atoms with Gasteiger partial charge in [-0.3, -0.25) is 4.79 Å². The second-order valence-electron chi connectivity index (χ2n) is 22.5. The first-order chi connectivity index (χ1) is 38.8. The number of hydrogen-bond donors (Lipinski definition) is 12. The van der Waals surface area contributed by atoms with Gasteiger partial charge in [-0.15, -0.1) is 0 Å². The summed E-state index contributed by atoms with van der Waals surface area (Å²) in [5.74, 6) is -0.289. The Morgan fingerprint density at radius 1 is 0.438 bits per heavy atom. The van der Waals surface area contributed by atoms with Crippen LogP contribution in [0, 0.1) is 0 Å². The summed E-state index contributed by atoms with van der Waals surface area (Å²) in [7, 11) is 0. The lowest BCUT2D eigenvalue weighted by Crippen LogP contribution is -2.66. The maximum Gasteiger partial charge on any atom is 0.220 e. The van der Waals surface area contributed by atoms with Gasteiger partial charge >= 0.3 is 0 Å². The summed E-state index contributed by atoms with van der Waals surface area (Å²) in [6.07, 6.45) is 21.2. The Morgan fingerprint density at radius 3 is 1.25 bits per heavy atom. The smallest absolute Gasteiger partial charge is 0.220 e. The Hall–Kier alpha value is -1.99. The zero-order chi connectivity index (χ0) is 58.3. The average molecular weight is 1150 g/mol. The van der Waals surface area contributed by atoms with Crippen LogP contribution in [0.5, 0.6) is 0 Å². The molecule has 17 unspecified atom stereocenters. The van der Waals surface area contributed by atoms with Gasteiger partial charge in [0.1, 0.15) is 73.2 Å². The molecule has 0 aromatic heterocycles. The molecule has 0 radical (unpaired) electrons. The quantitative estimate of drug-likeness (QED) is 0.0242. The molecule has 0 bridgehead atoms. The van der Waals surface area contributed by atoms with Crippen molar-refractivity contribution in [1.29, 1.82) is 0 Å². The van der Waals surface area contributed by atoms with Crippen molar-refractivity contribution in [3.8, 4) is 0 Å². The van der Waals surface area contributed by atoms with Crippen molar-refractivity contribution in [2.24, 2.45) is 0 Å². The molecule has 80 heavy (non-hydrogen) atoms. The van der Waals surface area contributed by atoms with E-state index in [1.165, 1.54) is 135 Å². The Labute approximate surface area is 479 Å². The molecule has 468 valence electrons. The highest BCUT2D eigenvalue weighted by Crippen LogP contribution is 2.33. The third-order valence-corrected chi connectivity index (χ3v) is 15.7. The van der Waals surface area contributed by atoms with Crippen LogP contribution in [0.15, 0.2) is 36.5 Å². The largest absolute Gasteiger partial charge is 0.394 e. The minimum atomic E-state index is -1.98. The summed E-state index contributed by atoms with van der Waals surface area (Å²) >= 11 is 0. The standard InChI is InChI=1S/C61H111NO18/c1-3-5-7-9-11-13-15-17-19-20-21-22-23-25-26-28-30-32-34-36-38-45(66)44(62-49(67)39-37-35-33-31-29-27-24-18-16-14-12-10-8-6-4-2)43-75-59-55(73)52(70)57(47(41-64)77-59)80-61-56(74)53(71)58(48(42-65)78-61)79-60-54(72)51(69)50(68)46(40-63)76-60/h22-23,28,30,36,38,44-48,50-61,63-66,68-74H,3-21,24-27,29,31-35,37,39-43H2,1-2H3,(H,62,67)/b23-22+,30-28+,38-36+. The van der Waals surface area contributed by atoms with Gasteiger partial charge < -0.3 is 89.9 Å². The van der Waals surface area contributed by atoms with Crippen LogP contribution in [0.3, 0.4) is 0 Å². The van der Waals surface area contributed by atoms with Gasteiger partial charge in [0, 0.05) is 6.42 Å². The molecule has 0 aromatic rings. The molecule has 3 rings (SSSR count). The second-order valence-corrected chi connectivity index (χ2v) is 22.5. The molecular formula is C61H111NO18. The molecule has 19 nitrogen and oxygen atoms in total. The van der Waals surface area contributed by atoms with E-state index in [-0.39, 0.29) is 18.9 Å². The van der Waals surface area contributed by atoms with Crippen LogP contribution < -0.4 is 5.32 Å². The molecule has 3 fully saturated rings. The molecule has 0 aromatic carbocycles. The molecule has 19 heteroatoms. The molecule has 17 atom stereocenters. The van der Waals surface area contributed by atoms with Crippen LogP contribution in [0.1, 0.15) is 213 Å². The average Bonchev–Trinajstić information content (AvgIpc) is 3.49. The van der Waals surface area contributed by atoms with Crippen LogP contribution in [-0.4, -0.2) is 193 Å². The molecular weight excluding hydrogens is 1030 g/mol. The monoisotopic (exact) mass is 1150 g/mol. The molecule has 3 aliphatic rings. The van der Waals surface area contributed by atoms with Gasteiger partial charge in [0.15, 0.2) is 18.9 Å². The summed E-state index contributed by atoms with van der Waals surface area (Å²) in [5, 5.41) is 120. The topological polar surface area (TPSA) is 307 Å². The number of hydrogen-bond acceptors (Lipinski definition) is 18. The minimum absolute atomic E-state index is 0.235. The Balaban J connectivity index is 1.51. The molecule has 12 N–H and O–H groups in total. The lowest BCUT2D eigenvalue weighted by Gasteiger charge is -2.48. The summed E-state index contributed by atoms with van der Waals surface area (Å²) in [4.78, 5) is 13.3. The summed E-state index contributed by atoms with van der Waals surface area (Å²) in [5.41, 5.74) is 0. The normalized spacial score (nSPS) is 30.2. The number of aliphatic hydroxyl groups excluding tert-OH is 11. The molecule has 3 aliphatic heterocycles. The third-order valence-electron chi connectivity index (χ3n) is 15.7. The van der Waals surface area contributed by atoms with E-state index < -0.39 is 124 Å². The minimum Gasteiger partial charge on any atom is -0.394 e. The zero-order valence-corrected chi connectivity index (χ0v) is 48.8. The number of nitrogens with one attached hydrogen (secondary N) is 1. The van der Waals surface area contributed by atoms with Crippen molar-refractivity contribution in [2.45, 2.75) is 317 Å². The lowest BCUT2D eigenvalue weighted by molar-refractivity contribution is -0.379. The molecule has 0 spiro atoms. The van der Waals surface area contributed by atoms with E-state index in [2.05, 4.69) is 43.5 Å². The van der Waals surface area contributed by atoms with Crippen LogP contribution in [0.4, 0.5) is 0 Å². The number of amides is 1. The first kappa shape index (κ1) is 72.3. The highest BCUT2D eigenvalue weighted by molar-refractivity contribution is 5.76. The number of rotatable bonds is 46. The maximum atomic E-state index is 13.3. The van der Waals surface area contributed by atoms with Gasteiger partial charge in [-0.2, -0.15) is 0 Å². The van der Waals surface area contributed by atoms with Crippen molar-refractivity contribution < 1.29 is 89.4 Å². The first-order valence-electron chi connectivity index (χ1n) is 31.2. The first-order valence-corrected chi connectivity index (χ1v) is 31.2. The van der Waals surface area contributed by atoms with E-state index in [9.17, 15) is 61.0 Å². The Morgan fingerprint density at radius 2 is 0.800 bits per heavy atom. The summed E-state index contributed by atoms with van der Waals surface area (Å²) in [6.45, 7) is 1.70. The predicted octanol–water partition coefficient (Wildman–Crippen LogP) is 6.10. The van der Waals surface area contributed by atoms with Gasteiger partial charge in [-0.1, -0.05) is 198 Å². The van der Waals surface area contributed by atoms with E-state index in [1.54, 1.807) is 6.08 Å². The van der Waals surface area contributed by atoms with Crippen molar-refractivity contribution in [2.75, 3.05) is 26.4 Å². The SMILES string of the molecule is CCCCCCCCCCCC/C=C/CC/C=C/CC/C=C/C(O)C(COC1OC(CO)C(OC2OC(CO)C(OC3OC(CO)C(O)C(O)C3O)C(O)C2O)C(O)C1O)NC(=O)CCCCCCCCCCCCCCCCC. The van der Waals surface area contributed by atoms with Gasteiger partial charge in [0.2, 0.25) is 5.91 Å². The fraction of sp³-hybridized carbons (Fsp3) is 0.885. The van der Waals surface area contributed by atoms with Gasteiger partial charge in [-0.25, -0.2) is 0 Å². The summed E-state index contributed by atoms with van der Waals surface area (Å²) in [6, 6.07) is -0.993. The van der Waals surface area contributed by atoms with Crippen molar-refractivity contribution in [1.82, 2.24) is 5.32 Å². The number of ether oxygens (including phenoxy) is 6. The van der Waals surface area contributed by atoms with Crippen molar-refractivity contribution in [3.63, 3.8) is 0 Å². The molecule has 1 amide bonds. The van der Waals surface area contributed by atoms with E-state index in [4.69, 9.17) is 28.4 Å². The Bertz CT molecular complexity index is 1600. The third kappa shape index (κ3) is 27.8. The van der Waals surface area contributed by atoms with Crippen LogP contribution in [0.2, 0.25) is 0 Å². The number of allylic oxidation sites excluding steroid dienone is 5. The fourth-order valence-electron chi connectivity index (χ4n) is 10.5. The number of carbonyl (C=O) groups is 1. The van der Waals surface area contributed by atoms with Crippen LogP contribution in [-0.2, 0) is 33.2 Å². The van der Waals surface area contributed by atoms with E-state index in [0.717, 1.165) is 44.9 Å². The van der Waals surface area contributed by atoms with Gasteiger partial charge in [-0.05, 0) is 44.9 Å². The maximum absolute atomic E-state index is 13.3. The highest BCUT2D eigenvalue weighted by Gasteiger charge is 2.53. The van der Waals surface area contributed by atoms with Crippen LogP contribution >= 0.6 is 0 Å². The number of unbranched alkanes of at least 4 members (excludes halogenated alkanes) is 26. The lowest BCUT2D eigenvalue weighted by atomic mass is 9.96. The van der Waals surface area contributed by atoms with Crippen molar-refractivity contribution in [3.05, 3.63) is 36.5 Å². The van der Waals surface area contributed by atoms with Crippen molar-refractivity contribution >= 4 is 5.91 Å². The molecule has 0 aliphatic carbocycles. The van der Waals surface area contributed by atoms with Crippen LogP contribution in [0.25, 0.3) is 0 Å². The van der Waals surface area contributed by atoms with E-state index >= 15 is 0 Å². The zero-order valence-electron chi connectivity index (χ0n) is 48.8. The molecule has 3 saturated heterocycles. The number of aliphatic hydroxyl groups is 11. The molecule has 3 heterocycles. The van der Waals surface area contributed by atoms with E-state index in [0.29, 0.717) is 12.8 Å². The second kappa shape index (κ2) is 44.5. The van der Waals surface area contributed by atoms with Gasteiger partial charge in [0.05, 0.1) is 38.6 Å². The highest BCUT2D eigenvalue weighted by atomic mass is 16.8. The Kier molecular flexibility index (Phi) is 40.2. The fourth-order valence-corrected chi connectivity index (χ4v) is 10.5. The molecule has 0 saturated carbocycles. The summed E-state index contributed by atoms with van der Waals surface area (Å²) < 4.78 is 34.2. The number of carbonyl (C=O) groups excluding carboxylic acids is 1. The van der Waals surface area contributed by atoms with Gasteiger partial charge in [0.25, 0.3) is 0 Å². The predicted molar refractivity (Wildman–Crippen MR) is 305 cm³/mol.